The first-order chi connectivity index (χ1) is 12.2. The number of methoxy groups -OCH3 is 1. The number of rotatable bonds is 6. The molecule has 0 spiro atoms. The average molecular weight is 334 g/mol. The summed E-state index contributed by atoms with van der Waals surface area (Å²) in [6.45, 7) is 0.431. The fraction of sp³-hybridized carbons (Fsp3) is 0.100. The number of nitrogens with one attached hydrogen (secondary N) is 2. The number of amides is 1. The maximum atomic E-state index is 12.5. The number of ether oxygens (including phenoxy) is 1. The van der Waals surface area contributed by atoms with Crippen LogP contribution in [-0.2, 0) is 6.54 Å². The van der Waals surface area contributed by atoms with Gasteiger partial charge in [0.1, 0.15) is 11.4 Å². The van der Waals surface area contributed by atoms with E-state index in [1.807, 2.05) is 30.3 Å². The highest BCUT2D eigenvalue weighted by molar-refractivity contribution is 6.10. The van der Waals surface area contributed by atoms with Crippen LogP contribution in [0.5, 0.6) is 5.75 Å². The summed E-state index contributed by atoms with van der Waals surface area (Å²) < 4.78 is 5.08. The lowest BCUT2D eigenvalue weighted by Gasteiger charge is -2.03. The van der Waals surface area contributed by atoms with E-state index in [1.54, 1.807) is 43.6 Å². The summed E-state index contributed by atoms with van der Waals surface area (Å²) in [5, 5.41) is 2.82. The second-order valence-electron chi connectivity index (χ2n) is 5.53. The van der Waals surface area contributed by atoms with E-state index in [0.717, 1.165) is 5.56 Å². The van der Waals surface area contributed by atoms with Crippen molar-refractivity contribution in [2.75, 3.05) is 7.11 Å². The quantitative estimate of drug-likeness (QED) is 0.680. The molecule has 1 heterocycles. The van der Waals surface area contributed by atoms with E-state index in [-0.39, 0.29) is 11.7 Å². The van der Waals surface area contributed by atoms with E-state index in [9.17, 15) is 9.59 Å². The Labute approximate surface area is 145 Å². The minimum Gasteiger partial charge on any atom is -0.497 e. The third-order valence-corrected chi connectivity index (χ3v) is 3.84. The van der Waals surface area contributed by atoms with Gasteiger partial charge in [0.2, 0.25) is 0 Å². The van der Waals surface area contributed by atoms with Gasteiger partial charge in [-0.25, -0.2) is 0 Å². The molecule has 2 aromatic carbocycles. The first-order valence-electron chi connectivity index (χ1n) is 7.86. The lowest BCUT2D eigenvalue weighted by Crippen LogP contribution is -2.23. The van der Waals surface area contributed by atoms with Gasteiger partial charge in [-0.1, -0.05) is 30.3 Å². The number of carbonyl (C=O) groups excluding carboxylic acids is 2. The van der Waals surface area contributed by atoms with Crippen LogP contribution < -0.4 is 10.1 Å². The van der Waals surface area contributed by atoms with Crippen molar-refractivity contribution in [1.82, 2.24) is 10.3 Å². The average Bonchev–Trinajstić information content (AvgIpc) is 3.17. The van der Waals surface area contributed by atoms with Crippen LogP contribution in [0.2, 0.25) is 0 Å². The zero-order valence-corrected chi connectivity index (χ0v) is 13.8. The molecule has 126 valence electrons. The van der Waals surface area contributed by atoms with Gasteiger partial charge in [-0.3, -0.25) is 9.59 Å². The van der Waals surface area contributed by atoms with Gasteiger partial charge in [-0.2, -0.15) is 0 Å². The highest BCUT2D eigenvalue weighted by atomic mass is 16.5. The largest absolute Gasteiger partial charge is 0.497 e. The molecule has 3 rings (SSSR count). The van der Waals surface area contributed by atoms with E-state index >= 15 is 0 Å². The van der Waals surface area contributed by atoms with Crippen LogP contribution >= 0.6 is 0 Å². The second kappa shape index (κ2) is 7.49. The Hall–Kier alpha value is -3.34. The van der Waals surface area contributed by atoms with Gasteiger partial charge in [0.15, 0.2) is 5.78 Å². The summed E-state index contributed by atoms with van der Waals surface area (Å²) >= 11 is 0. The van der Waals surface area contributed by atoms with Gasteiger partial charge in [-0.05, 0) is 35.9 Å². The van der Waals surface area contributed by atoms with Crippen LogP contribution in [-0.4, -0.2) is 23.8 Å². The van der Waals surface area contributed by atoms with Crippen LogP contribution in [0.3, 0.4) is 0 Å². The smallest absolute Gasteiger partial charge is 0.267 e. The molecule has 0 fully saturated rings. The molecule has 25 heavy (non-hydrogen) atoms. The summed E-state index contributed by atoms with van der Waals surface area (Å²) in [6.07, 6.45) is 1.55. The third-order valence-electron chi connectivity index (χ3n) is 3.84. The molecule has 0 aliphatic heterocycles. The molecular weight excluding hydrogens is 316 g/mol. The molecule has 0 radical (unpaired) electrons. The number of H-pyrrole nitrogens is 1. The van der Waals surface area contributed by atoms with Crippen LogP contribution in [0, 0.1) is 0 Å². The van der Waals surface area contributed by atoms with Crippen LogP contribution in [0.25, 0.3) is 0 Å². The van der Waals surface area contributed by atoms with Crippen molar-refractivity contribution >= 4 is 11.7 Å². The third kappa shape index (κ3) is 3.95. The molecule has 3 aromatic rings. The van der Waals surface area contributed by atoms with Gasteiger partial charge in [0, 0.05) is 23.9 Å². The molecule has 0 aliphatic rings. The van der Waals surface area contributed by atoms with Crippen molar-refractivity contribution in [3.8, 4) is 5.75 Å². The second-order valence-corrected chi connectivity index (χ2v) is 5.53. The molecule has 5 heteroatoms. The number of ketones is 1. The normalized spacial score (nSPS) is 10.3. The van der Waals surface area contributed by atoms with E-state index in [1.165, 1.54) is 0 Å². The molecule has 5 nitrogen and oxygen atoms in total. The number of benzene rings is 2. The topological polar surface area (TPSA) is 71.2 Å². The van der Waals surface area contributed by atoms with Crippen LogP contribution in [0.15, 0.2) is 66.9 Å². The van der Waals surface area contributed by atoms with Crippen molar-refractivity contribution in [1.29, 1.82) is 0 Å². The van der Waals surface area contributed by atoms with Gasteiger partial charge < -0.3 is 15.0 Å². The van der Waals surface area contributed by atoms with Crippen molar-refractivity contribution in [3.63, 3.8) is 0 Å². The lowest BCUT2D eigenvalue weighted by molar-refractivity contribution is 0.0946. The zero-order valence-electron chi connectivity index (χ0n) is 13.8. The van der Waals surface area contributed by atoms with Gasteiger partial charge in [0.05, 0.1) is 7.11 Å². The van der Waals surface area contributed by atoms with E-state index in [2.05, 4.69) is 10.3 Å². The van der Waals surface area contributed by atoms with Gasteiger partial charge in [0.25, 0.3) is 5.91 Å². The summed E-state index contributed by atoms with van der Waals surface area (Å²) in [5.41, 5.74) is 2.34. The number of aromatic nitrogens is 1. The Bertz CT molecular complexity index is 867. The van der Waals surface area contributed by atoms with E-state index in [4.69, 9.17) is 4.74 Å². The molecule has 0 atom stereocenters. The monoisotopic (exact) mass is 334 g/mol. The summed E-state index contributed by atoms with van der Waals surface area (Å²) in [4.78, 5) is 27.5. The molecule has 0 saturated heterocycles. The molecule has 2 N–H and O–H groups in total. The maximum absolute atomic E-state index is 12.5. The van der Waals surface area contributed by atoms with Crippen molar-refractivity contribution in [3.05, 3.63) is 89.2 Å². The predicted molar refractivity (Wildman–Crippen MR) is 94.8 cm³/mol. The van der Waals surface area contributed by atoms with Crippen molar-refractivity contribution < 1.29 is 14.3 Å². The molecule has 0 aliphatic carbocycles. The molecule has 1 aromatic heterocycles. The first kappa shape index (κ1) is 16.5. The predicted octanol–water partition coefficient (Wildman–Crippen LogP) is 3.18. The summed E-state index contributed by atoms with van der Waals surface area (Å²) in [7, 11) is 1.57. The minimum absolute atomic E-state index is 0.152. The number of hydrogen-bond donors (Lipinski definition) is 2. The number of carbonyl (C=O) groups is 2. The fourth-order valence-electron chi connectivity index (χ4n) is 2.44. The number of hydrogen-bond acceptors (Lipinski definition) is 3. The molecule has 0 unspecified atom stereocenters. The Kier molecular flexibility index (Phi) is 4.95. The molecule has 1 amide bonds. The Morgan fingerprint density at radius 1 is 1.00 bits per heavy atom. The lowest BCUT2D eigenvalue weighted by atomic mass is 10.1. The van der Waals surface area contributed by atoms with Crippen molar-refractivity contribution in [2.45, 2.75) is 6.54 Å². The van der Waals surface area contributed by atoms with Crippen LogP contribution in [0.1, 0.15) is 32.0 Å². The SMILES string of the molecule is COc1ccc(C(=O)c2c[nH]c(C(=O)NCc3ccccc3)c2)cc1. The standard InChI is InChI=1S/C20H18N2O3/c1-25-17-9-7-15(8-10-17)19(23)16-11-18(21-13-16)20(24)22-12-14-5-3-2-4-6-14/h2-11,13,21H,12H2,1H3,(H,22,24). The fourth-order valence-corrected chi connectivity index (χ4v) is 2.44. The highest BCUT2D eigenvalue weighted by Crippen LogP contribution is 2.16. The van der Waals surface area contributed by atoms with E-state index < -0.39 is 0 Å². The molecule has 0 saturated carbocycles. The Morgan fingerprint density at radius 3 is 2.40 bits per heavy atom. The Morgan fingerprint density at radius 2 is 1.72 bits per heavy atom. The van der Waals surface area contributed by atoms with Gasteiger partial charge in [-0.15, -0.1) is 0 Å². The molecular formula is C20H18N2O3. The number of aromatic amines is 1. The van der Waals surface area contributed by atoms with Crippen molar-refractivity contribution in [2.24, 2.45) is 0 Å². The van der Waals surface area contributed by atoms with E-state index in [0.29, 0.717) is 29.1 Å². The first-order valence-corrected chi connectivity index (χ1v) is 7.86. The summed E-state index contributed by atoms with van der Waals surface area (Å²) in [5.74, 6) is 0.283. The molecule has 0 bridgehead atoms. The van der Waals surface area contributed by atoms with Gasteiger partial charge >= 0.3 is 0 Å². The zero-order chi connectivity index (χ0) is 17.6. The maximum Gasteiger partial charge on any atom is 0.267 e. The highest BCUT2D eigenvalue weighted by Gasteiger charge is 2.14. The van der Waals surface area contributed by atoms with Crippen LogP contribution in [0.4, 0.5) is 0 Å². The Balaban J connectivity index is 1.66. The summed E-state index contributed by atoms with van der Waals surface area (Å²) in [6, 6.07) is 18.1. The minimum atomic E-state index is -0.252.